The summed E-state index contributed by atoms with van der Waals surface area (Å²) >= 11 is 3.35. The summed E-state index contributed by atoms with van der Waals surface area (Å²) in [6.07, 6.45) is 0.167. The Labute approximate surface area is 148 Å². The lowest BCUT2D eigenvalue weighted by molar-refractivity contribution is -0.136. The van der Waals surface area contributed by atoms with Crippen LogP contribution in [0, 0.1) is 6.92 Å². The van der Waals surface area contributed by atoms with Gasteiger partial charge in [0.2, 0.25) is 0 Å². The molecule has 0 aliphatic rings. The summed E-state index contributed by atoms with van der Waals surface area (Å²) in [5.41, 5.74) is 5.35. The smallest absolute Gasteiger partial charge is 0.303 e. The van der Waals surface area contributed by atoms with E-state index in [9.17, 15) is 9.59 Å². The number of aryl methyl sites for hydroxylation is 1. The summed E-state index contributed by atoms with van der Waals surface area (Å²) < 4.78 is 0.910. The van der Waals surface area contributed by atoms with Crippen LogP contribution in [0.25, 0.3) is 0 Å². The van der Waals surface area contributed by atoms with Crippen molar-refractivity contribution in [2.45, 2.75) is 19.8 Å². The SMILES string of the molecule is Cc1ccc(C(=O)N/N=C(/CCC(=O)O)c2ccc(Br)cc2)cc1. The minimum absolute atomic E-state index is 0.0602. The van der Waals surface area contributed by atoms with Crippen molar-refractivity contribution in [1.29, 1.82) is 0 Å². The fourth-order valence-electron chi connectivity index (χ4n) is 2.02. The molecular formula is C18H17BrN2O3. The van der Waals surface area contributed by atoms with Gasteiger partial charge in [0.15, 0.2) is 0 Å². The molecule has 2 aromatic rings. The molecule has 0 heterocycles. The summed E-state index contributed by atoms with van der Waals surface area (Å²) in [5, 5.41) is 13.0. The van der Waals surface area contributed by atoms with Crippen LogP contribution in [0.4, 0.5) is 0 Å². The molecule has 2 rings (SSSR count). The predicted molar refractivity (Wildman–Crippen MR) is 96.2 cm³/mol. The Morgan fingerprint density at radius 3 is 2.17 bits per heavy atom. The molecule has 124 valence electrons. The van der Waals surface area contributed by atoms with Crippen LogP contribution in [0.3, 0.4) is 0 Å². The lowest BCUT2D eigenvalue weighted by Crippen LogP contribution is -2.20. The molecule has 0 bridgehead atoms. The third kappa shape index (κ3) is 5.31. The van der Waals surface area contributed by atoms with E-state index >= 15 is 0 Å². The maximum atomic E-state index is 12.1. The molecule has 0 spiro atoms. The molecule has 2 N–H and O–H groups in total. The standard InChI is InChI=1S/C18H17BrN2O3/c1-12-2-4-14(5-3-12)18(24)21-20-16(10-11-17(22)23)13-6-8-15(19)9-7-13/h2-9H,10-11H2,1H3,(H,21,24)(H,22,23)/b20-16-. The van der Waals surface area contributed by atoms with Crippen LogP contribution in [0.5, 0.6) is 0 Å². The Balaban J connectivity index is 2.17. The van der Waals surface area contributed by atoms with Gasteiger partial charge in [-0.2, -0.15) is 5.10 Å². The Kier molecular flexibility index (Phi) is 6.26. The number of amides is 1. The molecule has 5 nitrogen and oxygen atoms in total. The van der Waals surface area contributed by atoms with Gasteiger partial charge in [-0.15, -0.1) is 0 Å². The number of nitrogens with one attached hydrogen (secondary N) is 1. The fourth-order valence-corrected chi connectivity index (χ4v) is 2.28. The third-order valence-corrected chi connectivity index (χ3v) is 3.89. The van der Waals surface area contributed by atoms with Gasteiger partial charge in [0.05, 0.1) is 12.1 Å². The van der Waals surface area contributed by atoms with Crippen LogP contribution in [-0.2, 0) is 4.79 Å². The van der Waals surface area contributed by atoms with Crippen molar-refractivity contribution >= 4 is 33.5 Å². The number of nitrogens with zero attached hydrogens (tertiary/aromatic N) is 1. The maximum absolute atomic E-state index is 12.1. The van der Waals surface area contributed by atoms with Gasteiger partial charge < -0.3 is 5.11 Å². The second kappa shape index (κ2) is 8.40. The Morgan fingerprint density at radius 1 is 1.00 bits per heavy atom. The molecule has 6 heteroatoms. The molecular weight excluding hydrogens is 372 g/mol. The number of benzene rings is 2. The van der Waals surface area contributed by atoms with Crippen molar-refractivity contribution in [3.63, 3.8) is 0 Å². The number of rotatable bonds is 6. The largest absolute Gasteiger partial charge is 0.481 e. The summed E-state index contributed by atoms with van der Waals surface area (Å²) in [4.78, 5) is 23.0. The van der Waals surface area contributed by atoms with Crippen LogP contribution in [0.1, 0.15) is 34.3 Å². The molecule has 24 heavy (non-hydrogen) atoms. The predicted octanol–water partition coefficient (Wildman–Crippen LogP) is 3.76. The first-order chi connectivity index (χ1) is 11.5. The zero-order chi connectivity index (χ0) is 17.5. The fraction of sp³-hybridized carbons (Fsp3) is 0.167. The zero-order valence-electron chi connectivity index (χ0n) is 13.1. The Bertz CT molecular complexity index is 753. The highest BCUT2D eigenvalue weighted by atomic mass is 79.9. The van der Waals surface area contributed by atoms with Crippen LogP contribution >= 0.6 is 15.9 Å². The molecule has 0 saturated heterocycles. The second-order valence-corrected chi connectivity index (χ2v) is 6.18. The van der Waals surface area contributed by atoms with Gasteiger partial charge in [0.25, 0.3) is 5.91 Å². The minimum atomic E-state index is -0.912. The Morgan fingerprint density at radius 2 is 1.58 bits per heavy atom. The van der Waals surface area contributed by atoms with E-state index in [0.717, 1.165) is 15.6 Å². The van der Waals surface area contributed by atoms with Gasteiger partial charge in [-0.1, -0.05) is 45.8 Å². The molecule has 0 saturated carbocycles. The van der Waals surface area contributed by atoms with Crippen molar-refractivity contribution in [2.24, 2.45) is 5.10 Å². The van der Waals surface area contributed by atoms with Crippen LogP contribution in [0.2, 0.25) is 0 Å². The molecule has 0 unspecified atom stereocenters. The first-order valence-corrected chi connectivity index (χ1v) is 8.16. The zero-order valence-corrected chi connectivity index (χ0v) is 14.7. The molecule has 0 radical (unpaired) electrons. The lowest BCUT2D eigenvalue weighted by atomic mass is 10.1. The summed E-state index contributed by atoms with van der Waals surface area (Å²) in [5.74, 6) is -1.25. The minimum Gasteiger partial charge on any atom is -0.481 e. The van der Waals surface area contributed by atoms with E-state index in [0.29, 0.717) is 11.3 Å². The maximum Gasteiger partial charge on any atom is 0.303 e. The van der Waals surface area contributed by atoms with Crippen molar-refractivity contribution in [2.75, 3.05) is 0 Å². The highest BCUT2D eigenvalue weighted by Crippen LogP contribution is 2.13. The number of carbonyl (C=O) groups is 2. The van der Waals surface area contributed by atoms with Crippen LogP contribution in [-0.4, -0.2) is 22.7 Å². The number of aliphatic carboxylic acids is 1. The second-order valence-electron chi connectivity index (χ2n) is 5.27. The molecule has 2 aromatic carbocycles. The number of hydrazone groups is 1. The molecule has 0 fully saturated rings. The molecule has 0 aromatic heterocycles. The average Bonchev–Trinajstić information content (AvgIpc) is 2.56. The number of halogens is 1. The number of carboxylic acid groups (broad SMARTS) is 1. The first-order valence-electron chi connectivity index (χ1n) is 7.37. The number of carbonyl (C=O) groups excluding carboxylic acids is 1. The van der Waals surface area contributed by atoms with E-state index in [2.05, 4.69) is 26.5 Å². The van der Waals surface area contributed by atoms with Crippen molar-refractivity contribution in [1.82, 2.24) is 5.43 Å². The summed E-state index contributed by atoms with van der Waals surface area (Å²) in [6, 6.07) is 14.5. The van der Waals surface area contributed by atoms with Crippen LogP contribution < -0.4 is 5.43 Å². The number of hydrogen-bond acceptors (Lipinski definition) is 3. The molecule has 0 aliphatic heterocycles. The van der Waals surface area contributed by atoms with E-state index in [1.807, 2.05) is 43.3 Å². The lowest BCUT2D eigenvalue weighted by Gasteiger charge is -2.07. The van der Waals surface area contributed by atoms with E-state index in [1.54, 1.807) is 12.1 Å². The van der Waals surface area contributed by atoms with E-state index in [-0.39, 0.29) is 18.7 Å². The first kappa shape index (κ1) is 17.9. The van der Waals surface area contributed by atoms with Gasteiger partial charge in [-0.3, -0.25) is 9.59 Å². The van der Waals surface area contributed by atoms with Gasteiger partial charge in [0, 0.05) is 16.5 Å². The van der Waals surface area contributed by atoms with Crippen molar-refractivity contribution in [3.8, 4) is 0 Å². The van der Waals surface area contributed by atoms with Crippen molar-refractivity contribution < 1.29 is 14.7 Å². The van der Waals surface area contributed by atoms with Gasteiger partial charge in [-0.05, 0) is 36.8 Å². The number of hydrogen-bond donors (Lipinski definition) is 2. The highest BCUT2D eigenvalue weighted by molar-refractivity contribution is 9.10. The van der Waals surface area contributed by atoms with Crippen molar-refractivity contribution in [3.05, 3.63) is 69.7 Å². The monoisotopic (exact) mass is 388 g/mol. The van der Waals surface area contributed by atoms with Gasteiger partial charge in [0.1, 0.15) is 0 Å². The Hall–Kier alpha value is -2.47. The normalized spacial score (nSPS) is 11.2. The van der Waals surface area contributed by atoms with Gasteiger partial charge >= 0.3 is 5.97 Å². The topological polar surface area (TPSA) is 78.8 Å². The molecule has 0 atom stereocenters. The third-order valence-electron chi connectivity index (χ3n) is 3.36. The number of carboxylic acids is 1. The summed E-state index contributed by atoms with van der Waals surface area (Å²) in [7, 11) is 0. The van der Waals surface area contributed by atoms with Gasteiger partial charge in [-0.25, -0.2) is 5.43 Å². The van der Waals surface area contributed by atoms with E-state index in [4.69, 9.17) is 5.11 Å². The van der Waals surface area contributed by atoms with E-state index < -0.39 is 5.97 Å². The average molecular weight is 389 g/mol. The van der Waals surface area contributed by atoms with E-state index in [1.165, 1.54) is 0 Å². The quantitative estimate of drug-likeness (QED) is 0.583. The summed E-state index contributed by atoms with van der Waals surface area (Å²) in [6.45, 7) is 1.94. The van der Waals surface area contributed by atoms with Crippen LogP contribution in [0.15, 0.2) is 58.1 Å². The molecule has 0 aliphatic carbocycles. The molecule has 1 amide bonds. The highest BCUT2D eigenvalue weighted by Gasteiger charge is 2.09.